The van der Waals surface area contributed by atoms with Gasteiger partial charge in [0.1, 0.15) is 0 Å². The van der Waals surface area contributed by atoms with Gasteiger partial charge in [0.2, 0.25) is 0 Å². The van der Waals surface area contributed by atoms with Gasteiger partial charge in [-0.1, -0.05) is 55.5 Å². The highest BCUT2D eigenvalue weighted by atomic mass is 14.9. The normalized spacial score (nSPS) is 21.9. The Morgan fingerprint density at radius 1 is 1.00 bits per heavy atom. The van der Waals surface area contributed by atoms with Crippen molar-refractivity contribution in [2.24, 2.45) is 0 Å². The Hall–Kier alpha value is -1.76. The van der Waals surface area contributed by atoms with Gasteiger partial charge >= 0.3 is 0 Å². The molecular weight excluding hydrogens is 206 g/mol. The molecule has 1 atom stereocenters. The van der Waals surface area contributed by atoms with Gasteiger partial charge in [0, 0.05) is 17.6 Å². The molecule has 86 valence electrons. The summed E-state index contributed by atoms with van der Waals surface area (Å²) < 4.78 is 0. The van der Waals surface area contributed by atoms with Gasteiger partial charge in [-0.15, -0.1) is 0 Å². The van der Waals surface area contributed by atoms with E-state index in [1.165, 1.54) is 16.8 Å². The van der Waals surface area contributed by atoms with E-state index in [1.54, 1.807) is 0 Å². The molecular formula is C16H17N. The van der Waals surface area contributed by atoms with Crippen molar-refractivity contribution in [2.75, 3.05) is 11.9 Å². The predicted molar refractivity (Wildman–Crippen MR) is 72.4 cm³/mol. The summed E-state index contributed by atoms with van der Waals surface area (Å²) in [5.41, 5.74) is 4.38. The molecule has 0 aromatic heterocycles. The van der Waals surface area contributed by atoms with Gasteiger partial charge in [0.05, 0.1) is 0 Å². The number of rotatable bonds is 2. The molecule has 0 amide bonds. The number of anilines is 1. The van der Waals surface area contributed by atoms with Crippen LogP contribution in [-0.4, -0.2) is 6.54 Å². The van der Waals surface area contributed by atoms with Crippen molar-refractivity contribution < 1.29 is 0 Å². The minimum absolute atomic E-state index is 0.220. The molecule has 1 aliphatic rings. The molecule has 1 heterocycles. The van der Waals surface area contributed by atoms with Gasteiger partial charge in [-0.05, 0) is 23.6 Å². The molecule has 2 aromatic carbocycles. The van der Waals surface area contributed by atoms with Crippen LogP contribution in [0, 0.1) is 0 Å². The van der Waals surface area contributed by atoms with Crippen LogP contribution in [0.4, 0.5) is 5.69 Å². The first-order valence-corrected chi connectivity index (χ1v) is 6.15. The summed E-state index contributed by atoms with van der Waals surface area (Å²) in [4.78, 5) is 0. The highest BCUT2D eigenvalue weighted by Crippen LogP contribution is 2.38. The largest absolute Gasteiger partial charge is 0.384 e. The minimum atomic E-state index is 0.220. The van der Waals surface area contributed by atoms with E-state index in [4.69, 9.17) is 0 Å². The lowest BCUT2D eigenvalue weighted by molar-refractivity contribution is 0.520. The van der Waals surface area contributed by atoms with E-state index in [9.17, 15) is 0 Å². The van der Waals surface area contributed by atoms with E-state index >= 15 is 0 Å². The van der Waals surface area contributed by atoms with Crippen LogP contribution in [0.3, 0.4) is 0 Å². The van der Waals surface area contributed by atoms with E-state index in [0.29, 0.717) is 0 Å². The smallest absolute Gasteiger partial charge is 0.0379 e. The lowest BCUT2D eigenvalue weighted by Crippen LogP contribution is -2.27. The van der Waals surface area contributed by atoms with E-state index in [-0.39, 0.29) is 5.41 Å². The summed E-state index contributed by atoms with van der Waals surface area (Å²) in [5.74, 6) is 0. The van der Waals surface area contributed by atoms with Crippen molar-refractivity contribution in [2.45, 2.75) is 18.8 Å². The summed E-state index contributed by atoms with van der Waals surface area (Å²) in [5, 5.41) is 3.51. The Morgan fingerprint density at radius 3 is 2.53 bits per heavy atom. The number of para-hydroxylation sites is 1. The first kappa shape index (κ1) is 10.4. The van der Waals surface area contributed by atoms with Crippen molar-refractivity contribution in [3.8, 4) is 0 Å². The summed E-state index contributed by atoms with van der Waals surface area (Å²) in [7, 11) is 0. The van der Waals surface area contributed by atoms with Gasteiger partial charge in [-0.3, -0.25) is 0 Å². The van der Waals surface area contributed by atoms with E-state index < -0.39 is 0 Å². The summed E-state index contributed by atoms with van der Waals surface area (Å²) in [6.07, 6.45) is 1.10. The third-order valence-electron chi connectivity index (χ3n) is 3.68. The average molecular weight is 223 g/mol. The summed E-state index contributed by atoms with van der Waals surface area (Å²) >= 11 is 0. The third-order valence-corrected chi connectivity index (χ3v) is 3.68. The Kier molecular flexibility index (Phi) is 2.40. The maximum atomic E-state index is 3.51. The summed E-state index contributed by atoms with van der Waals surface area (Å²) in [6, 6.07) is 19.4. The lowest BCUT2D eigenvalue weighted by Gasteiger charge is -2.24. The molecule has 1 nitrogen and oxygen atoms in total. The SMILES string of the molecule is CC1(Cc2ccccc2)CNc2ccccc21. The van der Waals surface area contributed by atoms with Crippen LogP contribution in [0.5, 0.6) is 0 Å². The van der Waals surface area contributed by atoms with Gasteiger partial charge in [0.15, 0.2) is 0 Å². The van der Waals surface area contributed by atoms with Gasteiger partial charge < -0.3 is 5.32 Å². The third kappa shape index (κ3) is 1.82. The molecule has 1 aliphatic heterocycles. The molecule has 2 aromatic rings. The molecule has 0 fully saturated rings. The quantitative estimate of drug-likeness (QED) is 0.820. The molecule has 0 aliphatic carbocycles. The molecule has 1 unspecified atom stereocenters. The zero-order chi connectivity index (χ0) is 11.7. The Morgan fingerprint density at radius 2 is 1.71 bits per heavy atom. The standard InChI is InChI=1S/C16H17N/c1-16(11-13-7-3-2-4-8-13)12-17-15-10-6-5-9-14(15)16/h2-10,17H,11-12H2,1H3. The maximum absolute atomic E-state index is 3.51. The Labute approximate surface area is 102 Å². The van der Waals surface area contributed by atoms with Crippen LogP contribution in [0.2, 0.25) is 0 Å². The van der Waals surface area contributed by atoms with Gasteiger partial charge in [0.25, 0.3) is 0 Å². The van der Waals surface area contributed by atoms with Crippen molar-refractivity contribution in [1.29, 1.82) is 0 Å². The average Bonchev–Trinajstić information content (AvgIpc) is 2.69. The number of nitrogens with one attached hydrogen (secondary N) is 1. The predicted octanol–water partition coefficient (Wildman–Crippen LogP) is 3.61. The fraction of sp³-hybridized carbons (Fsp3) is 0.250. The van der Waals surface area contributed by atoms with Crippen molar-refractivity contribution >= 4 is 5.69 Å². The number of fused-ring (bicyclic) bond motifs is 1. The van der Waals surface area contributed by atoms with Crippen LogP contribution in [0.15, 0.2) is 54.6 Å². The monoisotopic (exact) mass is 223 g/mol. The summed E-state index contributed by atoms with van der Waals surface area (Å²) in [6.45, 7) is 3.38. The van der Waals surface area contributed by atoms with Crippen LogP contribution in [0.25, 0.3) is 0 Å². The number of hydrogen-bond donors (Lipinski definition) is 1. The van der Waals surface area contributed by atoms with Crippen LogP contribution in [0.1, 0.15) is 18.1 Å². The first-order chi connectivity index (χ1) is 8.28. The second-order valence-corrected chi connectivity index (χ2v) is 5.12. The van der Waals surface area contributed by atoms with Crippen LogP contribution < -0.4 is 5.32 Å². The highest BCUT2D eigenvalue weighted by Gasteiger charge is 2.33. The van der Waals surface area contributed by atoms with E-state index in [2.05, 4.69) is 66.8 Å². The molecule has 0 radical (unpaired) electrons. The van der Waals surface area contributed by atoms with Crippen LogP contribution >= 0.6 is 0 Å². The zero-order valence-corrected chi connectivity index (χ0v) is 10.1. The van der Waals surface area contributed by atoms with Gasteiger partial charge in [-0.2, -0.15) is 0 Å². The maximum Gasteiger partial charge on any atom is 0.0379 e. The van der Waals surface area contributed by atoms with Crippen molar-refractivity contribution in [1.82, 2.24) is 0 Å². The molecule has 1 heteroatoms. The molecule has 0 spiro atoms. The van der Waals surface area contributed by atoms with E-state index in [0.717, 1.165) is 13.0 Å². The zero-order valence-electron chi connectivity index (χ0n) is 10.1. The first-order valence-electron chi connectivity index (χ1n) is 6.15. The number of benzene rings is 2. The molecule has 1 N–H and O–H groups in total. The molecule has 0 saturated heterocycles. The van der Waals surface area contributed by atoms with E-state index in [1.807, 2.05) is 0 Å². The minimum Gasteiger partial charge on any atom is -0.384 e. The second-order valence-electron chi connectivity index (χ2n) is 5.12. The molecule has 0 bridgehead atoms. The second kappa shape index (κ2) is 3.92. The number of hydrogen-bond acceptors (Lipinski definition) is 1. The van der Waals surface area contributed by atoms with Gasteiger partial charge in [-0.25, -0.2) is 0 Å². The fourth-order valence-electron chi connectivity index (χ4n) is 2.75. The Bertz CT molecular complexity index is 518. The highest BCUT2D eigenvalue weighted by molar-refractivity contribution is 5.60. The molecule has 3 rings (SSSR count). The van der Waals surface area contributed by atoms with Crippen molar-refractivity contribution in [3.05, 3.63) is 65.7 Å². The lowest BCUT2D eigenvalue weighted by atomic mass is 9.79. The Balaban J connectivity index is 1.94. The molecule has 0 saturated carbocycles. The topological polar surface area (TPSA) is 12.0 Å². The van der Waals surface area contributed by atoms with Crippen LogP contribution in [-0.2, 0) is 11.8 Å². The van der Waals surface area contributed by atoms with Crippen molar-refractivity contribution in [3.63, 3.8) is 0 Å². The molecule has 17 heavy (non-hydrogen) atoms. The fourth-order valence-corrected chi connectivity index (χ4v) is 2.75.